The number of carbonyl (C=O) groups excluding carboxylic acids is 2. The Morgan fingerprint density at radius 2 is 2.24 bits per heavy atom. The summed E-state index contributed by atoms with van der Waals surface area (Å²) in [7, 11) is 3.56. The molecule has 0 saturated heterocycles. The van der Waals surface area contributed by atoms with E-state index in [2.05, 4.69) is 20.8 Å². The average molecular weight is 235 g/mol. The number of hydrogen-bond acceptors (Lipinski definition) is 4. The van der Waals surface area contributed by atoms with Gasteiger partial charge in [-0.15, -0.1) is 0 Å². The molecular formula is C10H13N5O2. The number of hydrogen-bond donors (Lipinski definition) is 2. The summed E-state index contributed by atoms with van der Waals surface area (Å²) in [5.41, 5.74) is 2.48. The molecule has 17 heavy (non-hydrogen) atoms. The van der Waals surface area contributed by atoms with Gasteiger partial charge in [-0.25, -0.2) is 10.4 Å². The third-order valence-electron chi connectivity index (χ3n) is 1.64. The second-order valence-corrected chi connectivity index (χ2v) is 3.32. The van der Waals surface area contributed by atoms with Gasteiger partial charge in [-0.05, 0) is 12.1 Å². The Labute approximate surface area is 98.5 Å². The third kappa shape index (κ3) is 4.29. The smallest absolute Gasteiger partial charge is 0.290 e. The first kappa shape index (κ1) is 12.6. The molecule has 2 amide bonds. The summed E-state index contributed by atoms with van der Waals surface area (Å²) in [5, 5.41) is 6.05. The minimum atomic E-state index is -0.447. The van der Waals surface area contributed by atoms with E-state index in [0.717, 1.165) is 0 Å². The van der Waals surface area contributed by atoms with Crippen molar-refractivity contribution in [3.63, 3.8) is 0 Å². The molecule has 0 aromatic carbocycles. The molecule has 0 atom stereocenters. The average Bonchev–Trinajstić information content (AvgIpc) is 2.29. The van der Waals surface area contributed by atoms with Gasteiger partial charge in [0.25, 0.3) is 5.91 Å². The van der Waals surface area contributed by atoms with Gasteiger partial charge in [-0.2, -0.15) is 5.10 Å². The van der Waals surface area contributed by atoms with Crippen LogP contribution in [-0.2, 0) is 4.79 Å². The fraction of sp³-hybridized carbons (Fsp3) is 0.200. The van der Waals surface area contributed by atoms with Gasteiger partial charge >= 0.3 is 0 Å². The molecule has 0 fully saturated rings. The predicted octanol–water partition coefficient (Wildman–Crippen LogP) is -0.115. The van der Waals surface area contributed by atoms with Gasteiger partial charge in [0.05, 0.1) is 0 Å². The number of nitrogens with one attached hydrogen (secondary N) is 2. The minimum absolute atomic E-state index is 0.174. The van der Waals surface area contributed by atoms with Crippen LogP contribution in [0.5, 0.6) is 0 Å². The summed E-state index contributed by atoms with van der Waals surface area (Å²) in [5.74, 6) is -0.137. The Morgan fingerprint density at radius 3 is 2.88 bits per heavy atom. The summed E-state index contributed by atoms with van der Waals surface area (Å²) >= 11 is 0. The molecule has 90 valence electrons. The number of pyridine rings is 1. The number of nitrogens with zero attached hydrogens (tertiary/aromatic N) is 3. The maximum Gasteiger partial charge on any atom is 0.290 e. The monoisotopic (exact) mass is 235 g/mol. The van der Waals surface area contributed by atoms with E-state index >= 15 is 0 Å². The van der Waals surface area contributed by atoms with Crippen LogP contribution in [0.3, 0.4) is 0 Å². The molecule has 0 saturated carbocycles. The summed E-state index contributed by atoms with van der Waals surface area (Å²) < 4.78 is 0. The number of amides is 2. The summed E-state index contributed by atoms with van der Waals surface area (Å²) in [6.07, 6.45) is 1.94. The maximum atomic E-state index is 11.6. The highest BCUT2D eigenvalue weighted by Gasteiger charge is 2.06. The number of rotatable bonds is 5. The first-order valence-electron chi connectivity index (χ1n) is 4.80. The Hall–Kier alpha value is -2.44. The van der Waals surface area contributed by atoms with Gasteiger partial charge in [0.1, 0.15) is 17.9 Å². The molecule has 7 nitrogen and oxygen atoms in total. The Kier molecular flexibility index (Phi) is 4.61. The van der Waals surface area contributed by atoms with Gasteiger partial charge in [0, 0.05) is 14.1 Å². The molecule has 0 aliphatic carbocycles. The van der Waals surface area contributed by atoms with Crippen LogP contribution in [0.4, 0.5) is 5.82 Å². The van der Waals surface area contributed by atoms with Crippen molar-refractivity contribution in [3.05, 3.63) is 23.9 Å². The van der Waals surface area contributed by atoms with Gasteiger partial charge in [0.15, 0.2) is 0 Å². The van der Waals surface area contributed by atoms with E-state index in [1.54, 1.807) is 31.1 Å². The van der Waals surface area contributed by atoms with Crippen LogP contribution < -0.4 is 10.7 Å². The summed E-state index contributed by atoms with van der Waals surface area (Å²) in [6.45, 7) is 0. The maximum absolute atomic E-state index is 11.6. The van der Waals surface area contributed by atoms with Crippen LogP contribution in [0.1, 0.15) is 10.5 Å². The lowest BCUT2D eigenvalue weighted by Crippen LogP contribution is -2.21. The molecule has 0 aliphatic rings. The Morgan fingerprint density at radius 1 is 1.47 bits per heavy atom. The third-order valence-corrected chi connectivity index (χ3v) is 1.64. The lowest BCUT2D eigenvalue weighted by molar-refractivity contribution is -0.105. The van der Waals surface area contributed by atoms with E-state index in [1.807, 2.05) is 0 Å². The highest BCUT2D eigenvalue weighted by Crippen LogP contribution is 2.03. The lowest BCUT2D eigenvalue weighted by Gasteiger charge is -2.04. The fourth-order valence-electron chi connectivity index (χ4n) is 0.962. The second kappa shape index (κ2) is 6.21. The minimum Gasteiger partial charge on any atom is -0.367 e. The standard InChI is InChI=1S/C10H13N5O2/c1-15(2)6-12-14-10(17)8-4-3-5-9(13-8)11-7-16/h3-7H,1-2H3,(H,14,17)(H,11,13,16). The van der Waals surface area contributed by atoms with Crippen LogP contribution >= 0.6 is 0 Å². The first-order chi connectivity index (χ1) is 8.13. The Bertz CT molecular complexity index is 430. The zero-order chi connectivity index (χ0) is 12.7. The number of anilines is 1. The number of hydrazone groups is 1. The van der Waals surface area contributed by atoms with Crippen molar-refractivity contribution >= 4 is 24.5 Å². The van der Waals surface area contributed by atoms with Crippen molar-refractivity contribution in [2.45, 2.75) is 0 Å². The van der Waals surface area contributed by atoms with E-state index in [1.165, 1.54) is 12.4 Å². The van der Waals surface area contributed by atoms with Crippen LogP contribution in [0.25, 0.3) is 0 Å². The predicted molar refractivity (Wildman–Crippen MR) is 63.6 cm³/mol. The normalized spacial score (nSPS) is 10.0. The van der Waals surface area contributed by atoms with Crippen LogP contribution in [-0.4, -0.2) is 42.6 Å². The van der Waals surface area contributed by atoms with Crippen LogP contribution in [0.15, 0.2) is 23.3 Å². The molecule has 0 unspecified atom stereocenters. The van der Waals surface area contributed by atoms with Crippen molar-refractivity contribution in [1.82, 2.24) is 15.3 Å². The van der Waals surface area contributed by atoms with E-state index in [0.29, 0.717) is 12.2 Å². The molecule has 7 heteroatoms. The summed E-state index contributed by atoms with van der Waals surface area (Å²) in [4.78, 5) is 27.4. The van der Waals surface area contributed by atoms with Crippen LogP contribution in [0.2, 0.25) is 0 Å². The number of carbonyl (C=O) groups is 2. The van der Waals surface area contributed by atoms with Gasteiger partial charge in [-0.3, -0.25) is 9.59 Å². The molecular weight excluding hydrogens is 222 g/mol. The molecule has 1 rings (SSSR count). The SMILES string of the molecule is CN(C)C=NNC(=O)c1cccc(NC=O)n1. The lowest BCUT2D eigenvalue weighted by atomic mass is 10.3. The van der Waals surface area contributed by atoms with Crippen molar-refractivity contribution in [2.24, 2.45) is 5.10 Å². The van der Waals surface area contributed by atoms with Crippen molar-refractivity contribution < 1.29 is 9.59 Å². The van der Waals surface area contributed by atoms with Gasteiger partial charge in [-0.1, -0.05) is 6.07 Å². The highest BCUT2D eigenvalue weighted by atomic mass is 16.2. The van der Waals surface area contributed by atoms with Crippen LogP contribution in [0, 0.1) is 0 Å². The molecule has 1 aromatic heterocycles. The van der Waals surface area contributed by atoms with E-state index in [9.17, 15) is 9.59 Å². The first-order valence-corrected chi connectivity index (χ1v) is 4.80. The number of aromatic nitrogens is 1. The zero-order valence-electron chi connectivity index (χ0n) is 9.54. The molecule has 0 bridgehead atoms. The largest absolute Gasteiger partial charge is 0.367 e. The second-order valence-electron chi connectivity index (χ2n) is 3.32. The quantitative estimate of drug-likeness (QED) is 0.322. The van der Waals surface area contributed by atoms with Crippen molar-refractivity contribution in [2.75, 3.05) is 19.4 Å². The van der Waals surface area contributed by atoms with E-state index in [4.69, 9.17) is 0 Å². The topological polar surface area (TPSA) is 86.7 Å². The molecule has 0 aliphatic heterocycles. The van der Waals surface area contributed by atoms with E-state index < -0.39 is 5.91 Å². The van der Waals surface area contributed by atoms with Crippen molar-refractivity contribution in [3.8, 4) is 0 Å². The highest BCUT2D eigenvalue weighted by molar-refractivity contribution is 5.93. The molecule has 0 spiro atoms. The fourth-order valence-corrected chi connectivity index (χ4v) is 0.962. The molecule has 1 aromatic rings. The van der Waals surface area contributed by atoms with Crippen molar-refractivity contribution in [1.29, 1.82) is 0 Å². The molecule has 0 radical (unpaired) electrons. The molecule has 2 N–H and O–H groups in total. The van der Waals surface area contributed by atoms with E-state index in [-0.39, 0.29) is 5.69 Å². The van der Waals surface area contributed by atoms with Gasteiger partial charge < -0.3 is 10.2 Å². The Balaban J connectivity index is 2.68. The van der Waals surface area contributed by atoms with Gasteiger partial charge in [0.2, 0.25) is 6.41 Å². The molecule has 1 heterocycles. The summed E-state index contributed by atoms with van der Waals surface area (Å²) in [6, 6.07) is 4.72. The zero-order valence-corrected chi connectivity index (χ0v) is 9.54.